The predicted octanol–water partition coefficient (Wildman–Crippen LogP) is 0.350. The summed E-state index contributed by atoms with van der Waals surface area (Å²) in [5.74, 6) is 1.82. The Morgan fingerprint density at radius 2 is 2.08 bits per heavy atom. The third-order valence-electron chi connectivity index (χ3n) is 3.76. The standard InChI is InChI=1S/C17H17N5O3/c23-15(10-11-4-5-13-14(9-11)25-8-7-24-13)19-17-20-16(21-22-17)12-3-1-2-6-18-12/h1-6,9,17,22H,7-8,10H2,(H,19,23)(H,20,21). The first kappa shape index (κ1) is 15.4. The van der Waals surface area contributed by atoms with E-state index in [1.165, 1.54) is 0 Å². The average Bonchev–Trinajstić information content (AvgIpc) is 3.10. The molecule has 0 bridgehead atoms. The monoisotopic (exact) mass is 339 g/mol. The first-order valence-electron chi connectivity index (χ1n) is 7.96. The van der Waals surface area contributed by atoms with Gasteiger partial charge in [0.15, 0.2) is 23.6 Å². The summed E-state index contributed by atoms with van der Waals surface area (Å²) in [6.45, 7) is 1.06. The van der Waals surface area contributed by atoms with Crippen LogP contribution in [0.15, 0.2) is 47.6 Å². The molecule has 3 N–H and O–H groups in total. The fourth-order valence-electron chi connectivity index (χ4n) is 2.62. The summed E-state index contributed by atoms with van der Waals surface area (Å²) < 4.78 is 11.0. The Bertz CT molecular complexity index is 809. The molecule has 0 spiro atoms. The van der Waals surface area contributed by atoms with Crippen LogP contribution in [0.5, 0.6) is 11.5 Å². The zero-order valence-corrected chi connectivity index (χ0v) is 13.4. The van der Waals surface area contributed by atoms with Crippen molar-refractivity contribution in [3.63, 3.8) is 0 Å². The highest BCUT2D eigenvalue weighted by Gasteiger charge is 2.20. The Morgan fingerprint density at radius 1 is 1.20 bits per heavy atom. The van der Waals surface area contributed by atoms with E-state index in [9.17, 15) is 4.79 Å². The predicted molar refractivity (Wildman–Crippen MR) is 90.1 cm³/mol. The number of amides is 1. The summed E-state index contributed by atoms with van der Waals surface area (Å²) in [6.07, 6.45) is 1.37. The van der Waals surface area contributed by atoms with Crippen LogP contribution in [0.3, 0.4) is 0 Å². The highest BCUT2D eigenvalue weighted by molar-refractivity contribution is 5.97. The number of hydrogen-bond donors (Lipinski definition) is 3. The lowest BCUT2D eigenvalue weighted by molar-refractivity contribution is -0.121. The minimum absolute atomic E-state index is 0.151. The SMILES string of the molecule is O=C(Cc1ccc2c(c1)OCCO2)NC1N=C(c2ccccn2)NN1. The Hall–Kier alpha value is -3.13. The highest BCUT2D eigenvalue weighted by Crippen LogP contribution is 2.30. The molecule has 1 amide bonds. The molecule has 25 heavy (non-hydrogen) atoms. The van der Waals surface area contributed by atoms with Crippen LogP contribution in [-0.2, 0) is 11.2 Å². The number of amidine groups is 1. The van der Waals surface area contributed by atoms with Gasteiger partial charge in [0.05, 0.1) is 6.42 Å². The number of nitrogens with one attached hydrogen (secondary N) is 3. The van der Waals surface area contributed by atoms with Gasteiger partial charge < -0.3 is 20.2 Å². The fraction of sp³-hybridized carbons (Fsp3) is 0.235. The lowest BCUT2D eigenvalue weighted by Crippen LogP contribution is -2.46. The molecule has 1 aromatic heterocycles. The number of carbonyl (C=O) groups excluding carboxylic acids is 1. The average molecular weight is 339 g/mol. The Morgan fingerprint density at radius 3 is 2.92 bits per heavy atom. The molecule has 0 fully saturated rings. The second-order valence-electron chi connectivity index (χ2n) is 5.59. The molecule has 0 saturated heterocycles. The van der Waals surface area contributed by atoms with Crippen molar-refractivity contribution in [3.05, 3.63) is 53.9 Å². The number of pyridine rings is 1. The fourth-order valence-corrected chi connectivity index (χ4v) is 2.62. The first-order valence-corrected chi connectivity index (χ1v) is 7.96. The minimum Gasteiger partial charge on any atom is -0.486 e. The van der Waals surface area contributed by atoms with Gasteiger partial charge in [-0.05, 0) is 29.8 Å². The van der Waals surface area contributed by atoms with Crippen LogP contribution < -0.4 is 25.6 Å². The third-order valence-corrected chi connectivity index (χ3v) is 3.76. The van der Waals surface area contributed by atoms with Crippen molar-refractivity contribution in [3.8, 4) is 11.5 Å². The van der Waals surface area contributed by atoms with E-state index >= 15 is 0 Å². The molecular formula is C17H17N5O3. The quantitative estimate of drug-likeness (QED) is 0.744. The summed E-state index contributed by atoms with van der Waals surface area (Å²) in [5.41, 5.74) is 7.38. The second kappa shape index (κ2) is 6.78. The van der Waals surface area contributed by atoms with Crippen molar-refractivity contribution in [2.24, 2.45) is 4.99 Å². The normalized spacial score (nSPS) is 18.2. The molecule has 2 aromatic rings. The van der Waals surface area contributed by atoms with E-state index in [-0.39, 0.29) is 12.3 Å². The van der Waals surface area contributed by atoms with Crippen molar-refractivity contribution in [2.45, 2.75) is 12.7 Å². The smallest absolute Gasteiger partial charge is 0.227 e. The molecule has 128 valence electrons. The summed E-state index contributed by atoms with van der Waals surface area (Å²) >= 11 is 0. The van der Waals surface area contributed by atoms with Crippen LogP contribution >= 0.6 is 0 Å². The zero-order chi connectivity index (χ0) is 17.1. The Kier molecular flexibility index (Phi) is 4.17. The number of aromatic nitrogens is 1. The van der Waals surface area contributed by atoms with E-state index < -0.39 is 6.29 Å². The lowest BCUT2D eigenvalue weighted by atomic mass is 10.1. The summed E-state index contributed by atoms with van der Waals surface area (Å²) in [7, 11) is 0. The minimum atomic E-state index is -0.540. The van der Waals surface area contributed by atoms with Crippen LogP contribution in [0.1, 0.15) is 11.3 Å². The van der Waals surface area contributed by atoms with E-state index in [2.05, 4.69) is 26.1 Å². The van der Waals surface area contributed by atoms with Crippen LogP contribution in [0, 0.1) is 0 Å². The number of ether oxygens (including phenoxy) is 2. The van der Waals surface area contributed by atoms with Crippen LogP contribution in [0.25, 0.3) is 0 Å². The van der Waals surface area contributed by atoms with Crippen LogP contribution in [0.2, 0.25) is 0 Å². The number of hydrazine groups is 1. The van der Waals surface area contributed by atoms with Gasteiger partial charge in [-0.1, -0.05) is 12.1 Å². The molecule has 0 radical (unpaired) electrons. The number of rotatable bonds is 4. The Labute approximate surface area is 144 Å². The molecule has 1 aromatic carbocycles. The van der Waals surface area contributed by atoms with Crippen molar-refractivity contribution in [2.75, 3.05) is 13.2 Å². The summed E-state index contributed by atoms with van der Waals surface area (Å²) in [4.78, 5) is 20.8. The topological polar surface area (TPSA) is 96.9 Å². The number of benzene rings is 1. The maximum atomic E-state index is 12.2. The van der Waals surface area contributed by atoms with Crippen LogP contribution in [-0.4, -0.2) is 36.2 Å². The van der Waals surface area contributed by atoms with Gasteiger partial charge in [0.1, 0.15) is 18.9 Å². The van der Waals surface area contributed by atoms with Crippen molar-refractivity contribution >= 4 is 11.7 Å². The highest BCUT2D eigenvalue weighted by atomic mass is 16.6. The first-order chi connectivity index (χ1) is 12.3. The van der Waals surface area contributed by atoms with E-state index in [4.69, 9.17) is 9.47 Å². The van der Waals surface area contributed by atoms with Gasteiger partial charge >= 0.3 is 0 Å². The summed E-state index contributed by atoms with van der Waals surface area (Å²) in [5, 5.41) is 2.81. The molecule has 4 rings (SSSR count). The van der Waals surface area contributed by atoms with Gasteiger partial charge in [-0.25, -0.2) is 4.99 Å². The van der Waals surface area contributed by atoms with E-state index in [0.717, 1.165) is 5.56 Å². The van der Waals surface area contributed by atoms with Gasteiger partial charge in [0.25, 0.3) is 0 Å². The molecule has 3 heterocycles. The molecule has 2 aliphatic heterocycles. The number of hydrogen-bond acceptors (Lipinski definition) is 7. The largest absolute Gasteiger partial charge is 0.486 e. The van der Waals surface area contributed by atoms with E-state index in [0.29, 0.717) is 36.2 Å². The van der Waals surface area contributed by atoms with E-state index in [1.807, 2.05) is 36.4 Å². The Balaban J connectivity index is 1.37. The maximum absolute atomic E-state index is 12.2. The third kappa shape index (κ3) is 3.53. The molecule has 2 aliphatic rings. The molecular weight excluding hydrogens is 322 g/mol. The van der Waals surface area contributed by atoms with E-state index in [1.54, 1.807) is 6.20 Å². The van der Waals surface area contributed by atoms with Crippen molar-refractivity contribution in [1.82, 2.24) is 21.2 Å². The molecule has 1 atom stereocenters. The van der Waals surface area contributed by atoms with Gasteiger partial charge in [-0.3, -0.25) is 9.78 Å². The maximum Gasteiger partial charge on any atom is 0.227 e. The number of nitrogens with zero attached hydrogens (tertiary/aromatic N) is 2. The molecule has 0 aliphatic carbocycles. The van der Waals surface area contributed by atoms with Gasteiger partial charge in [-0.2, -0.15) is 5.43 Å². The molecule has 8 heteroatoms. The molecule has 1 unspecified atom stereocenters. The van der Waals surface area contributed by atoms with Gasteiger partial charge in [0.2, 0.25) is 5.91 Å². The second-order valence-corrected chi connectivity index (χ2v) is 5.59. The number of aliphatic imine (C=N–C) groups is 1. The van der Waals surface area contributed by atoms with Crippen molar-refractivity contribution in [1.29, 1.82) is 0 Å². The molecule has 0 saturated carbocycles. The summed E-state index contributed by atoms with van der Waals surface area (Å²) in [6, 6.07) is 11.1. The van der Waals surface area contributed by atoms with Crippen LogP contribution in [0.4, 0.5) is 0 Å². The molecule has 8 nitrogen and oxygen atoms in total. The van der Waals surface area contributed by atoms with Gasteiger partial charge in [0, 0.05) is 6.20 Å². The van der Waals surface area contributed by atoms with Crippen molar-refractivity contribution < 1.29 is 14.3 Å². The number of carbonyl (C=O) groups is 1. The number of fused-ring (bicyclic) bond motifs is 1. The van der Waals surface area contributed by atoms with Gasteiger partial charge in [-0.15, -0.1) is 0 Å². The lowest BCUT2D eigenvalue weighted by Gasteiger charge is -2.19. The zero-order valence-electron chi connectivity index (χ0n) is 13.4.